The van der Waals surface area contributed by atoms with Gasteiger partial charge in [0.15, 0.2) is 0 Å². The summed E-state index contributed by atoms with van der Waals surface area (Å²) in [6.45, 7) is 5.53. The molecule has 1 fully saturated rings. The Kier molecular flexibility index (Phi) is 5.54. The van der Waals surface area contributed by atoms with Crippen molar-refractivity contribution in [3.63, 3.8) is 0 Å². The third kappa shape index (κ3) is 3.34. The number of imide groups is 1. The standard InChI is InChI=1S/C27H28N4O3/c1-4-13-28-14-15-30-25(32)27(3)17-21-20-16-19(34-5-2)11-12-22(20)29-23(21)24(31(27)26(30)33)18-9-7-6-8-10-18/h1,6-12,16,24,28-29H,5,13-15,17H2,2-3H3/t24-,27+/m1/s1. The number of H-pyrrole nitrogens is 1. The lowest BCUT2D eigenvalue weighted by Crippen LogP contribution is -2.53. The third-order valence-corrected chi connectivity index (χ3v) is 6.80. The zero-order valence-electron chi connectivity index (χ0n) is 19.4. The van der Waals surface area contributed by atoms with Crippen molar-refractivity contribution in [3.8, 4) is 18.1 Å². The van der Waals surface area contributed by atoms with Crippen molar-refractivity contribution in [2.45, 2.75) is 31.8 Å². The van der Waals surface area contributed by atoms with E-state index in [-0.39, 0.29) is 18.5 Å². The second kappa shape index (κ2) is 8.54. The Hall–Kier alpha value is -3.76. The van der Waals surface area contributed by atoms with E-state index in [1.165, 1.54) is 4.90 Å². The smallest absolute Gasteiger partial charge is 0.328 e. The maximum atomic E-state index is 13.7. The van der Waals surface area contributed by atoms with Gasteiger partial charge >= 0.3 is 6.03 Å². The number of aromatic amines is 1. The molecule has 3 heterocycles. The molecule has 5 rings (SSSR count). The zero-order chi connectivity index (χ0) is 23.9. The molecule has 0 radical (unpaired) electrons. The molecule has 3 amide bonds. The Bertz CT molecular complexity index is 1290. The molecule has 7 nitrogen and oxygen atoms in total. The predicted octanol–water partition coefficient (Wildman–Crippen LogP) is 3.46. The van der Waals surface area contributed by atoms with Crippen LogP contribution in [0.15, 0.2) is 48.5 Å². The number of terminal acetylenes is 1. The largest absolute Gasteiger partial charge is 0.494 e. The van der Waals surface area contributed by atoms with Crippen molar-refractivity contribution >= 4 is 22.8 Å². The molecule has 0 bridgehead atoms. The quantitative estimate of drug-likeness (QED) is 0.324. The van der Waals surface area contributed by atoms with Gasteiger partial charge in [-0.2, -0.15) is 0 Å². The first-order valence-electron chi connectivity index (χ1n) is 11.6. The number of amides is 3. The zero-order valence-corrected chi connectivity index (χ0v) is 19.4. The van der Waals surface area contributed by atoms with E-state index in [1.54, 1.807) is 4.90 Å². The van der Waals surface area contributed by atoms with Gasteiger partial charge < -0.3 is 15.0 Å². The molecule has 2 atom stereocenters. The molecule has 2 aromatic carbocycles. The van der Waals surface area contributed by atoms with Gasteiger partial charge in [0, 0.05) is 36.1 Å². The number of ether oxygens (including phenoxy) is 1. The average molecular weight is 457 g/mol. The van der Waals surface area contributed by atoms with Gasteiger partial charge in [-0.15, -0.1) is 6.42 Å². The number of carbonyl (C=O) groups is 2. The van der Waals surface area contributed by atoms with Crippen LogP contribution in [-0.4, -0.2) is 58.5 Å². The monoisotopic (exact) mass is 456 g/mol. The van der Waals surface area contributed by atoms with Crippen LogP contribution < -0.4 is 10.1 Å². The van der Waals surface area contributed by atoms with Crippen LogP contribution in [0.4, 0.5) is 4.79 Å². The van der Waals surface area contributed by atoms with Crippen molar-refractivity contribution in [2.24, 2.45) is 0 Å². The maximum absolute atomic E-state index is 13.7. The fourth-order valence-corrected chi connectivity index (χ4v) is 5.28. The molecule has 7 heteroatoms. The van der Waals surface area contributed by atoms with E-state index in [2.05, 4.69) is 16.2 Å². The van der Waals surface area contributed by atoms with Crippen molar-refractivity contribution < 1.29 is 14.3 Å². The number of urea groups is 1. The van der Waals surface area contributed by atoms with E-state index in [0.29, 0.717) is 26.1 Å². The lowest BCUT2D eigenvalue weighted by molar-refractivity contribution is -0.133. The molecular weight excluding hydrogens is 428 g/mol. The minimum absolute atomic E-state index is 0.179. The maximum Gasteiger partial charge on any atom is 0.328 e. The number of benzene rings is 2. The number of fused-ring (bicyclic) bond motifs is 4. The van der Waals surface area contributed by atoms with Crippen LogP contribution >= 0.6 is 0 Å². The number of hydrogen-bond donors (Lipinski definition) is 2. The van der Waals surface area contributed by atoms with E-state index < -0.39 is 11.6 Å². The van der Waals surface area contributed by atoms with E-state index in [4.69, 9.17) is 11.2 Å². The van der Waals surface area contributed by atoms with Crippen molar-refractivity contribution in [1.82, 2.24) is 20.1 Å². The summed E-state index contributed by atoms with van der Waals surface area (Å²) in [5, 5.41) is 4.10. The summed E-state index contributed by atoms with van der Waals surface area (Å²) in [4.78, 5) is 34.1. The number of aromatic nitrogens is 1. The molecule has 1 aromatic heterocycles. The molecule has 2 aliphatic rings. The molecule has 0 saturated carbocycles. The molecule has 1 saturated heterocycles. The molecular formula is C27H28N4O3. The van der Waals surface area contributed by atoms with Crippen LogP contribution in [-0.2, 0) is 11.2 Å². The Balaban J connectivity index is 1.63. The third-order valence-electron chi connectivity index (χ3n) is 6.80. The van der Waals surface area contributed by atoms with E-state index in [1.807, 2.05) is 62.4 Å². The van der Waals surface area contributed by atoms with E-state index in [9.17, 15) is 9.59 Å². The number of carbonyl (C=O) groups excluding carboxylic acids is 2. The first kappa shape index (κ1) is 22.1. The Morgan fingerprint density at radius 1 is 1.24 bits per heavy atom. The minimum atomic E-state index is -0.993. The molecule has 2 N–H and O–H groups in total. The highest BCUT2D eigenvalue weighted by molar-refractivity contribution is 6.08. The summed E-state index contributed by atoms with van der Waals surface area (Å²) in [5.41, 5.74) is 2.93. The van der Waals surface area contributed by atoms with Crippen molar-refractivity contribution in [3.05, 3.63) is 65.4 Å². The molecule has 0 unspecified atom stereocenters. The van der Waals surface area contributed by atoms with E-state index in [0.717, 1.165) is 33.5 Å². The summed E-state index contributed by atoms with van der Waals surface area (Å²) in [7, 11) is 0. The van der Waals surface area contributed by atoms with Crippen LogP contribution in [0, 0.1) is 12.3 Å². The number of hydrogen-bond acceptors (Lipinski definition) is 4. The molecule has 2 aliphatic heterocycles. The SMILES string of the molecule is C#CCNCCN1C(=O)N2[C@H](c3ccccc3)c3[nH]c4ccc(OCC)cc4c3C[C@@]2(C)C1=O. The topological polar surface area (TPSA) is 77.7 Å². The van der Waals surface area contributed by atoms with Crippen LogP contribution in [0.25, 0.3) is 10.9 Å². The Labute approximate surface area is 199 Å². The first-order chi connectivity index (χ1) is 16.5. The summed E-state index contributed by atoms with van der Waals surface area (Å²) in [6.07, 6.45) is 5.74. The number of nitrogens with one attached hydrogen (secondary N) is 2. The predicted molar refractivity (Wildman–Crippen MR) is 131 cm³/mol. The van der Waals surface area contributed by atoms with Crippen LogP contribution in [0.2, 0.25) is 0 Å². The number of nitrogens with zero attached hydrogens (tertiary/aromatic N) is 2. The van der Waals surface area contributed by atoms with Gasteiger partial charge in [0.25, 0.3) is 5.91 Å². The van der Waals surface area contributed by atoms with E-state index >= 15 is 0 Å². The lowest BCUT2D eigenvalue weighted by atomic mass is 9.81. The number of rotatable bonds is 7. The summed E-state index contributed by atoms with van der Waals surface area (Å²) in [6, 6.07) is 15.2. The first-order valence-corrected chi connectivity index (χ1v) is 11.6. The van der Waals surface area contributed by atoms with Gasteiger partial charge in [-0.05, 0) is 43.2 Å². The second-order valence-corrected chi connectivity index (χ2v) is 8.91. The van der Waals surface area contributed by atoms with Gasteiger partial charge in [-0.25, -0.2) is 4.79 Å². The van der Waals surface area contributed by atoms with Gasteiger partial charge in [0.2, 0.25) is 0 Å². The second-order valence-electron chi connectivity index (χ2n) is 8.91. The molecule has 0 aliphatic carbocycles. The van der Waals surface area contributed by atoms with Gasteiger partial charge in [0.1, 0.15) is 17.3 Å². The fourth-order valence-electron chi connectivity index (χ4n) is 5.28. The Morgan fingerprint density at radius 3 is 2.76 bits per heavy atom. The highest BCUT2D eigenvalue weighted by Crippen LogP contribution is 2.48. The fraction of sp³-hybridized carbons (Fsp3) is 0.333. The summed E-state index contributed by atoms with van der Waals surface area (Å²) in [5.74, 6) is 3.12. The highest BCUT2D eigenvalue weighted by Gasteiger charge is 2.59. The van der Waals surface area contributed by atoms with Crippen LogP contribution in [0.5, 0.6) is 5.75 Å². The molecule has 3 aromatic rings. The normalized spacial score (nSPS) is 21.5. The van der Waals surface area contributed by atoms with Gasteiger partial charge in [-0.1, -0.05) is 36.3 Å². The molecule has 34 heavy (non-hydrogen) atoms. The lowest BCUT2D eigenvalue weighted by Gasteiger charge is -2.42. The van der Waals surface area contributed by atoms with Crippen molar-refractivity contribution in [2.75, 3.05) is 26.2 Å². The highest BCUT2D eigenvalue weighted by atomic mass is 16.5. The average Bonchev–Trinajstić information content (AvgIpc) is 3.28. The van der Waals surface area contributed by atoms with Gasteiger partial charge in [-0.3, -0.25) is 14.6 Å². The molecule has 174 valence electrons. The van der Waals surface area contributed by atoms with Crippen molar-refractivity contribution in [1.29, 1.82) is 0 Å². The minimum Gasteiger partial charge on any atom is -0.494 e. The molecule has 0 spiro atoms. The van der Waals surface area contributed by atoms with Crippen LogP contribution in [0.3, 0.4) is 0 Å². The summed E-state index contributed by atoms with van der Waals surface area (Å²) < 4.78 is 5.74. The summed E-state index contributed by atoms with van der Waals surface area (Å²) >= 11 is 0. The Morgan fingerprint density at radius 2 is 2.03 bits per heavy atom. The van der Waals surface area contributed by atoms with Crippen LogP contribution in [0.1, 0.15) is 36.7 Å². The van der Waals surface area contributed by atoms with Gasteiger partial charge in [0.05, 0.1) is 13.2 Å².